The number of ether oxygens (including phenoxy) is 3. The van der Waals surface area contributed by atoms with Crippen LogP contribution in [0, 0.1) is 0 Å². The fourth-order valence-electron chi connectivity index (χ4n) is 3.18. The van der Waals surface area contributed by atoms with E-state index in [1.165, 1.54) is 12.1 Å². The zero-order chi connectivity index (χ0) is 27.3. The minimum atomic E-state index is -0.583. The van der Waals surface area contributed by atoms with Crippen molar-refractivity contribution in [1.82, 2.24) is 0 Å². The Morgan fingerprint density at radius 1 is 0.711 bits per heavy atom. The molecule has 0 saturated heterocycles. The molecule has 0 aliphatic heterocycles. The Bertz CT molecular complexity index is 1240. The second kappa shape index (κ2) is 14.5. The molecule has 3 aromatic carbocycles. The lowest BCUT2D eigenvalue weighted by Crippen LogP contribution is -2.21. The number of esters is 2. The maximum Gasteiger partial charge on any atom is 0.338 e. The van der Waals surface area contributed by atoms with E-state index in [2.05, 4.69) is 26.6 Å². The van der Waals surface area contributed by atoms with E-state index in [0.29, 0.717) is 28.4 Å². The summed E-state index contributed by atoms with van der Waals surface area (Å²) in [4.78, 5) is 47.8. The Labute approximate surface area is 228 Å². The highest BCUT2D eigenvalue weighted by atomic mass is 79.9. The largest absolute Gasteiger partial charge is 0.462 e. The summed E-state index contributed by atoms with van der Waals surface area (Å²) in [6.45, 7) is 1.52. The molecule has 38 heavy (non-hydrogen) atoms. The highest BCUT2D eigenvalue weighted by Crippen LogP contribution is 2.24. The van der Waals surface area contributed by atoms with Gasteiger partial charge in [0.15, 0.2) is 6.61 Å². The summed E-state index contributed by atoms with van der Waals surface area (Å²) < 4.78 is 16.6. The van der Waals surface area contributed by atoms with Crippen LogP contribution in [0.4, 0.5) is 11.4 Å². The molecule has 198 valence electrons. The zero-order valence-electron chi connectivity index (χ0n) is 20.7. The third kappa shape index (κ3) is 9.70. The van der Waals surface area contributed by atoms with Crippen molar-refractivity contribution < 1.29 is 33.4 Å². The molecule has 0 aliphatic rings. The molecular weight excluding hydrogens is 556 g/mol. The smallest absolute Gasteiger partial charge is 0.338 e. The third-order valence-electron chi connectivity index (χ3n) is 5.02. The second-order valence-electron chi connectivity index (χ2n) is 7.99. The third-order valence-corrected chi connectivity index (χ3v) is 5.54. The first kappa shape index (κ1) is 28.4. The molecule has 0 atom stereocenters. The minimum Gasteiger partial charge on any atom is -0.462 e. The van der Waals surface area contributed by atoms with Gasteiger partial charge >= 0.3 is 11.9 Å². The van der Waals surface area contributed by atoms with Crippen molar-refractivity contribution in [2.24, 2.45) is 0 Å². The highest BCUT2D eigenvalue weighted by molar-refractivity contribution is 9.10. The van der Waals surface area contributed by atoms with Gasteiger partial charge in [-0.25, -0.2) is 4.79 Å². The number of hydrogen-bond donors (Lipinski definition) is 2. The van der Waals surface area contributed by atoms with Gasteiger partial charge in [-0.2, -0.15) is 0 Å². The molecule has 0 heterocycles. The minimum absolute atomic E-state index is 0.00505. The van der Waals surface area contributed by atoms with Gasteiger partial charge < -0.3 is 24.8 Å². The topological polar surface area (TPSA) is 120 Å². The summed E-state index contributed by atoms with van der Waals surface area (Å²) in [6.07, 6.45) is 0.381. The van der Waals surface area contributed by atoms with Crippen molar-refractivity contribution >= 4 is 51.1 Å². The Morgan fingerprint density at radius 3 is 1.87 bits per heavy atom. The number of carbonyl (C=O) groups excluding carboxylic acids is 4. The summed E-state index contributed by atoms with van der Waals surface area (Å²) in [7, 11) is 0. The lowest BCUT2D eigenvalue weighted by Gasteiger charge is -2.09. The number of nitrogens with one attached hydrogen (secondary N) is 2. The molecule has 0 unspecified atom stereocenters. The molecule has 0 aliphatic carbocycles. The molecule has 2 N–H and O–H groups in total. The van der Waals surface area contributed by atoms with Gasteiger partial charge in [0.05, 0.1) is 12.2 Å². The van der Waals surface area contributed by atoms with E-state index in [1.54, 1.807) is 43.3 Å². The average molecular weight is 583 g/mol. The Kier molecular flexibility index (Phi) is 10.9. The fraction of sp³-hybridized carbons (Fsp3) is 0.214. The summed E-state index contributed by atoms with van der Waals surface area (Å²) in [6, 6.07) is 20.5. The van der Waals surface area contributed by atoms with Gasteiger partial charge in [-0.05, 0) is 86.1 Å². The van der Waals surface area contributed by atoms with E-state index in [-0.39, 0.29) is 31.8 Å². The first-order valence-electron chi connectivity index (χ1n) is 11.9. The van der Waals surface area contributed by atoms with Gasteiger partial charge in [0.25, 0.3) is 5.91 Å². The second-order valence-corrected chi connectivity index (χ2v) is 8.90. The Morgan fingerprint density at radius 2 is 1.26 bits per heavy atom. The van der Waals surface area contributed by atoms with Crippen LogP contribution in [0.5, 0.6) is 11.5 Å². The zero-order valence-corrected chi connectivity index (χ0v) is 22.3. The van der Waals surface area contributed by atoms with Crippen LogP contribution in [0.2, 0.25) is 0 Å². The van der Waals surface area contributed by atoms with E-state index in [4.69, 9.17) is 14.2 Å². The number of benzene rings is 3. The maximum atomic E-state index is 12.2. The number of carbonyl (C=O) groups is 4. The van der Waals surface area contributed by atoms with E-state index >= 15 is 0 Å². The van der Waals surface area contributed by atoms with Crippen molar-refractivity contribution in [1.29, 1.82) is 0 Å². The van der Waals surface area contributed by atoms with Gasteiger partial charge in [0.2, 0.25) is 5.91 Å². The van der Waals surface area contributed by atoms with Crippen LogP contribution in [-0.2, 0) is 23.9 Å². The molecule has 3 rings (SSSR count). The molecule has 9 nitrogen and oxygen atoms in total. The Balaban J connectivity index is 1.31. The molecular formula is C28H27BrN2O7. The van der Waals surface area contributed by atoms with Crippen molar-refractivity contribution in [3.63, 3.8) is 0 Å². The van der Waals surface area contributed by atoms with Gasteiger partial charge in [-0.15, -0.1) is 0 Å². The summed E-state index contributed by atoms with van der Waals surface area (Å²) in [5.41, 5.74) is 1.42. The number of amides is 2. The molecule has 0 bridgehead atoms. The molecule has 0 radical (unpaired) electrons. The van der Waals surface area contributed by atoms with E-state index in [9.17, 15) is 19.2 Å². The summed E-state index contributed by atoms with van der Waals surface area (Å²) >= 11 is 3.37. The van der Waals surface area contributed by atoms with Crippen molar-refractivity contribution in [2.45, 2.75) is 26.2 Å². The van der Waals surface area contributed by atoms with Crippen LogP contribution < -0.4 is 15.4 Å². The molecule has 3 aromatic rings. The van der Waals surface area contributed by atoms with E-state index < -0.39 is 24.5 Å². The normalized spacial score (nSPS) is 10.3. The summed E-state index contributed by atoms with van der Waals surface area (Å²) in [5, 5.41) is 5.34. The van der Waals surface area contributed by atoms with Gasteiger partial charge in [0, 0.05) is 28.7 Å². The maximum absolute atomic E-state index is 12.2. The first-order chi connectivity index (χ1) is 18.3. The van der Waals surface area contributed by atoms with Crippen LogP contribution in [-0.4, -0.2) is 37.0 Å². The quantitative estimate of drug-likeness (QED) is 0.262. The molecule has 0 saturated carbocycles. The van der Waals surface area contributed by atoms with E-state index in [1.807, 2.05) is 24.3 Å². The van der Waals surface area contributed by atoms with Gasteiger partial charge in [0.1, 0.15) is 11.5 Å². The van der Waals surface area contributed by atoms with Crippen LogP contribution in [0.1, 0.15) is 36.5 Å². The van der Waals surface area contributed by atoms with Crippen molar-refractivity contribution in [2.75, 3.05) is 23.8 Å². The number of hydrogen-bond acceptors (Lipinski definition) is 7. The predicted octanol–water partition coefficient (Wildman–Crippen LogP) is 5.71. The van der Waals surface area contributed by atoms with Crippen LogP contribution in [0.15, 0.2) is 77.3 Å². The SMILES string of the molecule is CCOC(=O)c1ccc(NC(=O)COC(=O)CCCC(=O)Nc2ccc(Oc3ccc(Br)cc3)cc2)cc1. The molecule has 0 spiro atoms. The molecule has 10 heteroatoms. The van der Waals surface area contributed by atoms with Crippen LogP contribution in [0.3, 0.4) is 0 Å². The van der Waals surface area contributed by atoms with Crippen LogP contribution in [0.25, 0.3) is 0 Å². The predicted molar refractivity (Wildman–Crippen MR) is 145 cm³/mol. The number of anilines is 2. The average Bonchev–Trinajstić information content (AvgIpc) is 2.90. The van der Waals surface area contributed by atoms with Gasteiger partial charge in [-0.1, -0.05) is 15.9 Å². The summed E-state index contributed by atoms with van der Waals surface area (Å²) in [5.74, 6) is -0.478. The standard InChI is InChI=1S/C28H27BrN2O7/c1-2-36-28(35)19-6-10-21(11-7-19)31-26(33)18-37-27(34)5-3-4-25(32)30-22-12-16-24(17-13-22)38-23-14-8-20(29)9-15-23/h6-17H,2-5,18H2,1H3,(H,30,32)(H,31,33). The highest BCUT2D eigenvalue weighted by Gasteiger charge is 2.11. The molecule has 2 amide bonds. The lowest BCUT2D eigenvalue weighted by atomic mass is 10.2. The van der Waals surface area contributed by atoms with E-state index in [0.717, 1.165) is 4.47 Å². The molecule has 0 aromatic heterocycles. The van der Waals surface area contributed by atoms with Gasteiger partial charge in [-0.3, -0.25) is 14.4 Å². The van der Waals surface area contributed by atoms with Crippen LogP contribution >= 0.6 is 15.9 Å². The monoisotopic (exact) mass is 582 g/mol. The number of rotatable bonds is 12. The first-order valence-corrected chi connectivity index (χ1v) is 12.7. The fourth-order valence-corrected chi connectivity index (χ4v) is 3.45. The van der Waals surface area contributed by atoms with Crippen molar-refractivity contribution in [3.05, 3.63) is 82.8 Å². The molecule has 0 fully saturated rings. The lowest BCUT2D eigenvalue weighted by molar-refractivity contribution is -0.147. The number of halogens is 1. The Hall–Kier alpha value is -4.18. The van der Waals surface area contributed by atoms with Crippen molar-refractivity contribution in [3.8, 4) is 11.5 Å².